The maximum Gasteiger partial charge on any atom is 0.410 e. The average molecular weight is 573 g/mol. The first kappa shape index (κ1) is 27.6. The number of rotatable bonds is 6. The largest absolute Gasteiger partial charge is 0.459 e. The van der Waals surface area contributed by atoms with E-state index in [0.29, 0.717) is 43.2 Å². The highest BCUT2D eigenvalue weighted by Crippen LogP contribution is 2.37. The van der Waals surface area contributed by atoms with Crippen molar-refractivity contribution in [3.63, 3.8) is 0 Å². The van der Waals surface area contributed by atoms with Crippen LogP contribution >= 0.6 is 0 Å². The topological polar surface area (TPSA) is 142 Å². The second-order valence-corrected chi connectivity index (χ2v) is 11.9. The predicted octanol–water partition coefficient (Wildman–Crippen LogP) is 6.16. The first-order valence-electron chi connectivity index (χ1n) is 14.1. The Morgan fingerprint density at radius 3 is 2.48 bits per heavy atom. The molecule has 1 amide bonds. The van der Waals surface area contributed by atoms with Crippen LogP contribution in [-0.4, -0.2) is 61.7 Å². The van der Waals surface area contributed by atoms with Gasteiger partial charge in [0.15, 0.2) is 0 Å². The van der Waals surface area contributed by atoms with Gasteiger partial charge in [-0.2, -0.15) is 10.1 Å². The molecule has 0 atom stereocenters. The molecular formula is C30H32N6O6. The van der Waals surface area contributed by atoms with Crippen molar-refractivity contribution < 1.29 is 23.6 Å². The van der Waals surface area contributed by atoms with Gasteiger partial charge in [0.25, 0.3) is 0 Å². The molecule has 2 fully saturated rings. The lowest BCUT2D eigenvalue weighted by Gasteiger charge is -2.35. The van der Waals surface area contributed by atoms with Crippen LogP contribution in [0.3, 0.4) is 0 Å². The summed E-state index contributed by atoms with van der Waals surface area (Å²) in [7, 11) is 0. The number of nitrogens with zero attached hydrogens (tertiary/aromatic N) is 6. The summed E-state index contributed by atoms with van der Waals surface area (Å²) in [5.41, 5.74) is 1.88. The number of amides is 1. The van der Waals surface area contributed by atoms with E-state index in [1.165, 1.54) is 24.3 Å². The minimum atomic E-state index is -0.524. The number of fused-ring (bicyclic) bond motifs is 1. The molecule has 4 aromatic rings. The minimum absolute atomic E-state index is 0.0773. The summed E-state index contributed by atoms with van der Waals surface area (Å²) in [6.07, 6.45) is 4.06. The Morgan fingerprint density at radius 1 is 1.05 bits per heavy atom. The molecule has 2 aromatic heterocycles. The van der Waals surface area contributed by atoms with Gasteiger partial charge in [-0.1, -0.05) is 17.3 Å². The van der Waals surface area contributed by atoms with Crippen LogP contribution in [0.15, 0.2) is 58.4 Å². The molecular weight excluding hydrogens is 540 g/mol. The highest BCUT2D eigenvalue weighted by molar-refractivity contribution is 5.90. The maximum atomic E-state index is 12.5. The average Bonchev–Trinajstić information content (AvgIpc) is 3.61. The van der Waals surface area contributed by atoms with Crippen molar-refractivity contribution in [3.05, 3.63) is 65.0 Å². The lowest BCUT2D eigenvalue weighted by atomic mass is 9.89. The highest BCUT2D eigenvalue weighted by Gasteiger charge is 2.35. The van der Waals surface area contributed by atoms with Gasteiger partial charge in [0.05, 0.1) is 23.3 Å². The summed E-state index contributed by atoms with van der Waals surface area (Å²) in [6, 6.07) is 12.1. The molecule has 1 saturated heterocycles. The van der Waals surface area contributed by atoms with Crippen LogP contribution in [0, 0.1) is 4.91 Å². The Kier molecular flexibility index (Phi) is 7.21. The van der Waals surface area contributed by atoms with Crippen molar-refractivity contribution >= 4 is 28.7 Å². The van der Waals surface area contributed by atoms with E-state index in [1.807, 2.05) is 49.8 Å². The Labute approximate surface area is 241 Å². The zero-order valence-corrected chi connectivity index (χ0v) is 23.7. The van der Waals surface area contributed by atoms with E-state index in [9.17, 15) is 14.5 Å². The van der Waals surface area contributed by atoms with E-state index in [2.05, 4.69) is 15.4 Å². The van der Waals surface area contributed by atoms with Gasteiger partial charge in [0.1, 0.15) is 17.4 Å². The Morgan fingerprint density at radius 2 is 1.79 bits per heavy atom. The molecule has 42 heavy (non-hydrogen) atoms. The number of carbonyl (C=O) groups is 2. The van der Waals surface area contributed by atoms with E-state index < -0.39 is 11.6 Å². The van der Waals surface area contributed by atoms with Crippen molar-refractivity contribution in [2.75, 3.05) is 13.1 Å². The van der Waals surface area contributed by atoms with E-state index >= 15 is 0 Å². The van der Waals surface area contributed by atoms with Crippen molar-refractivity contribution in [2.24, 2.45) is 5.18 Å². The molecule has 0 unspecified atom stereocenters. The Balaban J connectivity index is 1.08. The van der Waals surface area contributed by atoms with E-state index in [4.69, 9.17) is 19.0 Å². The van der Waals surface area contributed by atoms with Crippen molar-refractivity contribution in [2.45, 2.75) is 70.1 Å². The monoisotopic (exact) mass is 572 g/mol. The van der Waals surface area contributed by atoms with Crippen molar-refractivity contribution in [3.8, 4) is 11.4 Å². The number of nitroso groups, excluding NO2 is 1. The SMILES string of the molecule is CC(C)(C)OC(=O)N1CCC(c2nc(-c3ccc4cnn(C5CC(OC(=O)c6ccc(N=O)cc6)C5)c4c3)no2)CC1. The second kappa shape index (κ2) is 11.0. The zero-order chi connectivity index (χ0) is 29.4. The van der Waals surface area contributed by atoms with Crippen LogP contribution in [0.25, 0.3) is 22.3 Å². The number of likely N-dealkylation sites (tertiary alicyclic amines) is 1. The fourth-order valence-electron chi connectivity index (χ4n) is 5.33. The van der Waals surface area contributed by atoms with Gasteiger partial charge in [-0.05, 0) is 69.1 Å². The molecule has 6 rings (SSSR count). The van der Waals surface area contributed by atoms with Gasteiger partial charge in [0, 0.05) is 42.8 Å². The summed E-state index contributed by atoms with van der Waals surface area (Å²) >= 11 is 0. The predicted molar refractivity (Wildman–Crippen MR) is 152 cm³/mol. The van der Waals surface area contributed by atoms with Gasteiger partial charge in [-0.3, -0.25) is 4.68 Å². The van der Waals surface area contributed by atoms with E-state index in [1.54, 1.807) is 4.90 Å². The normalized spacial score (nSPS) is 19.4. The molecule has 0 bridgehead atoms. The molecule has 0 N–H and O–H groups in total. The summed E-state index contributed by atoms with van der Waals surface area (Å²) in [5, 5.41) is 12.7. The van der Waals surface area contributed by atoms with Crippen LogP contribution in [0.4, 0.5) is 10.5 Å². The summed E-state index contributed by atoms with van der Waals surface area (Å²) in [4.78, 5) is 41.9. The quantitative estimate of drug-likeness (QED) is 0.196. The number of piperidine rings is 1. The lowest BCUT2D eigenvalue weighted by molar-refractivity contribution is -0.00926. The summed E-state index contributed by atoms with van der Waals surface area (Å²) in [5.74, 6) is 0.731. The highest BCUT2D eigenvalue weighted by atomic mass is 16.6. The second-order valence-electron chi connectivity index (χ2n) is 11.9. The molecule has 3 heterocycles. The van der Waals surface area contributed by atoms with Crippen LogP contribution in [0.5, 0.6) is 0 Å². The van der Waals surface area contributed by atoms with Crippen LogP contribution in [0.2, 0.25) is 0 Å². The van der Waals surface area contributed by atoms with Crippen molar-refractivity contribution in [1.29, 1.82) is 0 Å². The first-order chi connectivity index (χ1) is 20.2. The molecule has 12 nitrogen and oxygen atoms in total. The van der Waals surface area contributed by atoms with Gasteiger partial charge in [-0.15, -0.1) is 4.91 Å². The Hall–Kier alpha value is -4.61. The summed E-state index contributed by atoms with van der Waals surface area (Å²) in [6.45, 7) is 6.73. The standard InChI is InChI=1S/C30H32N6O6/c1-30(2,3)41-29(38)35-12-10-18(11-13-35)27-32-26(34-42-27)20-4-5-21-17-31-36(25(21)14-20)23-15-24(16-23)40-28(37)19-6-8-22(33-39)9-7-19/h4-9,14,17-18,23-24H,10-13,15-16H2,1-3H3. The lowest BCUT2D eigenvalue weighted by Crippen LogP contribution is -2.41. The fourth-order valence-corrected chi connectivity index (χ4v) is 5.33. The molecule has 218 valence electrons. The van der Waals surface area contributed by atoms with Gasteiger partial charge >= 0.3 is 12.1 Å². The molecule has 12 heteroatoms. The number of aromatic nitrogens is 4. The summed E-state index contributed by atoms with van der Waals surface area (Å²) < 4.78 is 18.7. The maximum absolute atomic E-state index is 12.5. The molecule has 0 spiro atoms. The molecule has 2 aliphatic rings. The molecule has 1 saturated carbocycles. The van der Waals surface area contributed by atoms with Crippen LogP contribution < -0.4 is 0 Å². The Bertz CT molecular complexity index is 1610. The minimum Gasteiger partial charge on any atom is -0.459 e. The molecule has 1 aliphatic heterocycles. The van der Waals surface area contributed by atoms with E-state index in [0.717, 1.165) is 29.3 Å². The third-order valence-corrected chi connectivity index (χ3v) is 7.69. The van der Waals surface area contributed by atoms with Gasteiger partial charge in [0.2, 0.25) is 11.7 Å². The smallest absolute Gasteiger partial charge is 0.410 e. The van der Waals surface area contributed by atoms with Crippen LogP contribution in [0.1, 0.15) is 74.7 Å². The molecule has 2 aromatic carbocycles. The number of carbonyl (C=O) groups excluding carboxylic acids is 2. The number of benzene rings is 2. The van der Waals surface area contributed by atoms with Gasteiger partial charge in [-0.25, -0.2) is 9.59 Å². The number of esters is 1. The molecule has 1 aliphatic carbocycles. The van der Waals surface area contributed by atoms with E-state index in [-0.39, 0.29) is 29.8 Å². The third kappa shape index (κ3) is 5.74. The van der Waals surface area contributed by atoms with Crippen LogP contribution in [-0.2, 0) is 9.47 Å². The first-order valence-corrected chi connectivity index (χ1v) is 14.1. The van der Waals surface area contributed by atoms with Gasteiger partial charge < -0.3 is 18.9 Å². The van der Waals surface area contributed by atoms with Crippen molar-refractivity contribution in [1.82, 2.24) is 24.8 Å². The number of ether oxygens (including phenoxy) is 2. The third-order valence-electron chi connectivity index (χ3n) is 7.69. The molecule has 0 radical (unpaired) electrons. The number of hydrogen-bond acceptors (Lipinski definition) is 10. The number of hydrogen-bond donors (Lipinski definition) is 0. The fraction of sp³-hybridized carbons (Fsp3) is 0.433. The zero-order valence-electron chi connectivity index (χ0n) is 23.7.